The fraction of sp³-hybridized carbons (Fsp3) is 0.727. The number of anilines is 1. The smallest absolute Gasteiger partial charge is 0.346 e. The van der Waals surface area contributed by atoms with Crippen LogP contribution in [0.25, 0.3) is 0 Å². The van der Waals surface area contributed by atoms with Crippen molar-refractivity contribution in [2.75, 3.05) is 11.9 Å². The zero-order valence-corrected chi connectivity index (χ0v) is 10.9. The molecule has 0 aliphatic heterocycles. The second-order valence-corrected chi connectivity index (χ2v) is 5.14. The molecule has 1 fully saturated rings. The zero-order chi connectivity index (χ0) is 13.5. The first-order valence-corrected chi connectivity index (χ1v) is 6.01. The first-order valence-electron chi connectivity index (χ1n) is 6.01. The Bertz CT molecular complexity index is 572. The molecule has 0 bridgehead atoms. The van der Waals surface area contributed by atoms with Crippen molar-refractivity contribution in [2.24, 2.45) is 25.7 Å². The predicted octanol–water partition coefficient (Wildman–Crippen LogP) is -0.982. The second-order valence-electron chi connectivity index (χ2n) is 5.14. The summed E-state index contributed by atoms with van der Waals surface area (Å²) in [6.45, 7) is 2.40. The van der Waals surface area contributed by atoms with Crippen molar-refractivity contribution < 1.29 is 0 Å². The summed E-state index contributed by atoms with van der Waals surface area (Å²) in [4.78, 5) is 23.5. The normalized spacial score (nSPS) is 18.4. The van der Waals surface area contributed by atoms with Crippen LogP contribution in [0.5, 0.6) is 0 Å². The molecule has 100 valence electrons. The van der Waals surface area contributed by atoms with E-state index in [-0.39, 0.29) is 11.4 Å². The molecule has 1 heterocycles. The van der Waals surface area contributed by atoms with Gasteiger partial charge >= 0.3 is 5.69 Å². The first kappa shape index (κ1) is 12.8. The fourth-order valence-electron chi connectivity index (χ4n) is 2.09. The quantitative estimate of drug-likeness (QED) is 0.719. The van der Waals surface area contributed by atoms with E-state index in [4.69, 9.17) is 5.73 Å². The molecule has 18 heavy (non-hydrogen) atoms. The molecule has 1 aromatic heterocycles. The molecule has 0 spiro atoms. The van der Waals surface area contributed by atoms with Crippen LogP contribution in [-0.4, -0.2) is 26.4 Å². The van der Waals surface area contributed by atoms with Crippen molar-refractivity contribution in [2.45, 2.75) is 25.3 Å². The SMILES string of the molecule is Cn1nc(NC(C)(CN)C2CC2)c(=O)n(C)c1=O. The molecule has 1 saturated carbocycles. The van der Waals surface area contributed by atoms with Gasteiger partial charge in [-0.15, -0.1) is 5.10 Å². The molecular weight excluding hydrogens is 234 g/mol. The van der Waals surface area contributed by atoms with Crippen molar-refractivity contribution in [3.8, 4) is 0 Å². The van der Waals surface area contributed by atoms with Gasteiger partial charge in [0.1, 0.15) is 0 Å². The molecular formula is C11H19N5O2. The van der Waals surface area contributed by atoms with E-state index in [2.05, 4.69) is 10.4 Å². The van der Waals surface area contributed by atoms with Crippen molar-refractivity contribution in [3.63, 3.8) is 0 Å². The van der Waals surface area contributed by atoms with Crippen molar-refractivity contribution in [1.82, 2.24) is 14.3 Å². The fourth-order valence-corrected chi connectivity index (χ4v) is 2.09. The standard InChI is InChI=1S/C11H19N5O2/c1-11(6-12,7-4-5-7)13-8-9(17)15(2)10(18)16(3)14-8/h7H,4-6,12H2,1-3H3,(H,13,14). The average Bonchev–Trinajstić information content (AvgIpc) is 3.17. The number of aromatic nitrogens is 3. The molecule has 7 heteroatoms. The van der Waals surface area contributed by atoms with E-state index in [1.165, 1.54) is 14.1 Å². The number of nitrogens with zero attached hydrogens (tertiary/aromatic N) is 3. The van der Waals surface area contributed by atoms with E-state index in [0.717, 1.165) is 22.1 Å². The molecule has 0 aromatic carbocycles. The molecule has 1 aliphatic carbocycles. The van der Waals surface area contributed by atoms with Gasteiger partial charge in [-0.2, -0.15) is 0 Å². The third kappa shape index (κ3) is 2.05. The molecule has 0 amide bonds. The van der Waals surface area contributed by atoms with Gasteiger partial charge in [-0.05, 0) is 25.7 Å². The summed E-state index contributed by atoms with van der Waals surface area (Å²) in [6, 6.07) is 0. The van der Waals surface area contributed by atoms with E-state index in [1.54, 1.807) is 0 Å². The van der Waals surface area contributed by atoms with Gasteiger partial charge < -0.3 is 11.1 Å². The Balaban J connectivity index is 2.40. The highest BCUT2D eigenvalue weighted by Gasteiger charge is 2.41. The summed E-state index contributed by atoms with van der Waals surface area (Å²) in [5.74, 6) is 0.644. The average molecular weight is 253 g/mol. The van der Waals surface area contributed by atoms with E-state index >= 15 is 0 Å². The summed E-state index contributed by atoms with van der Waals surface area (Å²) >= 11 is 0. The third-order valence-electron chi connectivity index (χ3n) is 3.63. The Morgan fingerprint density at radius 2 is 2.06 bits per heavy atom. The van der Waals surface area contributed by atoms with Gasteiger partial charge in [0.15, 0.2) is 0 Å². The van der Waals surface area contributed by atoms with Crippen molar-refractivity contribution in [1.29, 1.82) is 0 Å². The van der Waals surface area contributed by atoms with E-state index < -0.39 is 11.2 Å². The maximum Gasteiger partial charge on any atom is 0.346 e. The second kappa shape index (κ2) is 4.24. The van der Waals surface area contributed by atoms with Crippen LogP contribution in [0.15, 0.2) is 9.59 Å². The Morgan fingerprint density at radius 1 is 1.44 bits per heavy atom. The molecule has 3 N–H and O–H groups in total. The largest absolute Gasteiger partial charge is 0.357 e. The lowest BCUT2D eigenvalue weighted by Gasteiger charge is -2.29. The minimum absolute atomic E-state index is 0.180. The highest BCUT2D eigenvalue weighted by Crippen LogP contribution is 2.40. The van der Waals surface area contributed by atoms with Crippen LogP contribution in [0, 0.1) is 5.92 Å². The van der Waals surface area contributed by atoms with Crippen LogP contribution < -0.4 is 22.3 Å². The van der Waals surface area contributed by atoms with Crippen molar-refractivity contribution in [3.05, 3.63) is 20.8 Å². The summed E-state index contributed by atoms with van der Waals surface area (Å²) in [7, 11) is 2.96. The summed E-state index contributed by atoms with van der Waals surface area (Å²) < 4.78 is 2.19. The lowest BCUT2D eigenvalue weighted by atomic mass is 9.96. The van der Waals surface area contributed by atoms with Gasteiger partial charge in [0, 0.05) is 20.6 Å². The van der Waals surface area contributed by atoms with Crippen LogP contribution in [0.3, 0.4) is 0 Å². The van der Waals surface area contributed by atoms with Gasteiger partial charge in [0.05, 0.1) is 5.54 Å². The summed E-state index contributed by atoms with van der Waals surface area (Å²) in [6.07, 6.45) is 2.21. The van der Waals surface area contributed by atoms with Crippen LogP contribution in [0.4, 0.5) is 5.82 Å². The third-order valence-corrected chi connectivity index (χ3v) is 3.63. The number of rotatable bonds is 4. The van der Waals surface area contributed by atoms with E-state index in [1.807, 2.05) is 6.92 Å². The molecule has 0 saturated heterocycles. The monoisotopic (exact) mass is 253 g/mol. The van der Waals surface area contributed by atoms with Gasteiger partial charge in [-0.25, -0.2) is 9.48 Å². The van der Waals surface area contributed by atoms with Gasteiger partial charge in [0.2, 0.25) is 5.82 Å². The van der Waals surface area contributed by atoms with E-state index in [0.29, 0.717) is 12.5 Å². The molecule has 1 aromatic rings. The highest BCUT2D eigenvalue weighted by atomic mass is 16.2. The minimum atomic E-state index is -0.438. The Hall–Kier alpha value is -1.63. The first-order chi connectivity index (χ1) is 8.39. The van der Waals surface area contributed by atoms with E-state index in [9.17, 15) is 9.59 Å². The molecule has 0 radical (unpaired) electrons. The van der Waals surface area contributed by atoms with Crippen LogP contribution >= 0.6 is 0 Å². The molecule has 1 aliphatic rings. The number of nitrogens with one attached hydrogen (secondary N) is 1. The molecule has 1 unspecified atom stereocenters. The van der Waals surface area contributed by atoms with Crippen LogP contribution in [-0.2, 0) is 14.1 Å². The number of nitrogens with two attached hydrogens (primary N) is 1. The topological polar surface area (TPSA) is 94.9 Å². The minimum Gasteiger partial charge on any atom is -0.357 e. The molecule has 7 nitrogen and oxygen atoms in total. The maximum absolute atomic E-state index is 12.0. The Labute approximate surface area is 105 Å². The lowest BCUT2D eigenvalue weighted by Crippen LogP contribution is -2.49. The maximum atomic E-state index is 12.0. The number of hydrogen-bond donors (Lipinski definition) is 2. The zero-order valence-electron chi connectivity index (χ0n) is 10.9. The van der Waals surface area contributed by atoms with Gasteiger partial charge in [-0.1, -0.05) is 0 Å². The van der Waals surface area contributed by atoms with Gasteiger partial charge in [-0.3, -0.25) is 9.36 Å². The number of aryl methyl sites for hydroxylation is 1. The van der Waals surface area contributed by atoms with Crippen LogP contribution in [0.2, 0.25) is 0 Å². The predicted molar refractivity (Wildman–Crippen MR) is 68.5 cm³/mol. The Kier molecular flexibility index (Phi) is 3.02. The molecule has 2 rings (SSSR count). The summed E-state index contributed by atoms with van der Waals surface area (Å²) in [5.41, 5.74) is 4.59. The Morgan fingerprint density at radius 3 is 2.56 bits per heavy atom. The van der Waals surface area contributed by atoms with Crippen LogP contribution in [0.1, 0.15) is 19.8 Å². The summed E-state index contributed by atoms with van der Waals surface area (Å²) in [5, 5.41) is 7.10. The molecule has 1 atom stereocenters. The highest BCUT2D eigenvalue weighted by molar-refractivity contribution is 5.35. The van der Waals surface area contributed by atoms with Crippen molar-refractivity contribution >= 4 is 5.82 Å². The lowest BCUT2D eigenvalue weighted by molar-refractivity contribution is 0.452. The van der Waals surface area contributed by atoms with Gasteiger partial charge in [0.25, 0.3) is 5.56 Å². The number of hydrogen-bond acceptors (Lipinski definition) is 5.